The van der Waals surface area contributed by atoms with E-state index in [1.54, 1.807) is 20.8 Å². The van der Waals surface area contributed by atoms with E-state index in [-0.39, 0.29) is 17.2 Å². The molecule has 3 N–H and O–H groups in total. The van der Waals surface area contributed by atoms with Gasteiger partial charge >= 0.3 is 6.09 Å². The Morgan fingerprint density at radius 1 is 1.48 bits per heavy atom. The number of nitrogens with two attached hydrogens (primary N) is 1. The van der Waals surface area contributed by atoms with Gasteiger partial charge in [0.25, 0.3) is 0 Å². The lowest BCUT2D eigenvalue weighted by Gasteiger charge is -2.20. The Kier molecular flexibility index (Phi) is 6.80. The number of alkyl halides is 1. The summed E-state index contributed by atoms with van der Waals surface area (Å²) in [6.07, 6.45) is -0.927. The number of anilines is 1. The van der Waals surface area contributed by atoms with Crippen LogP contribution in [0.5, 0.6) is 0 Å². The molecular weight excluding hydrogens is 324 g/mol. The van der Waals surface area contributed by atoms with Crippen LogP contribution >= 0.6 is 11.8 Å². The number of amidine groups is 1. The number of nitrogens with one attached hydrogen (secondary N) is 1. The molecule has 0 aliphatic carbocycles. The summed E-state index contributed by atoms with van der Waals surface area (Å²) < 4.78 is 32.8. The van der Waals surface area contributed by atoms with Crippen molar-refractivity contribution in [1.82, 2.24) is 5.32 Å². The number of nitrogen functional groups attached to an aromatic ring is 1. The molecule has 23 heavy (non-hydrogen) atoms. The van der Waals surface area contributed by atoms with E-state index in [1.165, 1.54) is 25.2 Å². The van der Waals surface area contributed by atoms with Crippen molar-refractivity contribution in [3.63, 3.8) is 0 Å². The summed E-state index contributed by atoms with van der Waals surface area (Å²) in [6.45, 7) is 5.13. The van der Waals surface area contributed by atoms with Crippen molar-refractivity contribution in [3.05, 3.63) is 29.6 Å². The number of hydrogen-bond acceptors (Lipinski definition) is 5. The van der Waals surface area contributed by atoms with Gasteiger partial charge in [0, 0.05) is 19.2 Å². The van der Waals surface area contributed by atoms with E-state index in [4.69, 9.17) is 10.5 Å². The minimum atomic E-state index is -1.50. The van der Waals surface area contributed by atoms with Crippen LogP contribution in [-0.4, -0.2) is 29.4 Å². The zero-order chi connectivity index (χ0) is 17.6. The summed E-state index contributed by atoms with van der Waals surface area (Å²) in [7, 11) is 1.41. The molecular formula is C15H21F2N3O2S. The van der Waals surface area contributed by atoms with E-state index in [0.717, 1.165) is 0 Å². The fraction of sp³-hybridized carbons (Fsp3) is 0.467. The highest BCUT2D eigenvalue weighted by atomic mass is 32.2. The first-order valence-electron chi connectivity index (χ1n) is 6.92. The van der Waals surface area contributed by atoms with Gasteiger partial charge in [0.1, 0.15) is 11.4 Å². The Hall–Kier alpha value is -1.83. The second-order valence-corrected chi connectivity index (χ2v) is 6.87. The number of thioether (sulfide) groups is 1. The van der Waals surface area contributed by atoms with Crippen LogP contribution < -0.4 is 11.1 Å². The zero-order valence-corrected chi connectivity index (χ0v) is 14.3. The van der Waals surface area contributed by atoms with E-state index in [9.17, 15) is 13.6 Å². The van der Waals surface area contributed by atoms with Gasteiger partial charge in [-0.1, -0.05) is 11.8 Å². The Bertz CT molecular complexity index is 589. The van der Waals surface area contributed by atoms with E-state index in [1.807, 2.05) is 0 Å². The maximum atomic E-state index is 14.1. The Morgan fingerprint density at radius 3 is 2.70 bits per heavy atom. The summed E-state index contributed by atoms with van der Waals surface area (Å²) in [5, 5.41) is 2.41. The van der Waals surface area contributed by atoms with Crippen molar-refractivity contribution < 1.29 is 18.3 Å². The molecule has 0 aliphatic heterocycles. The largest absolute Gasteiger partial charge is 0.444 e. The first-order chi connectivity index (χ1) is 10.6. The maximum Gasteiger partial charge on any atom is 0.413 e. The molecule has 0 radical (unpaired) electrons. The van der Waals surface area contributed by atoms with Crippen LogP contribution in [-0.2, 0) is 11.2 Å². The Balaban J connectivity index is 2.62. The number of nitrogens with zero attached hydrogens (tertiary/aromatic N) is 1. The molecule has 0 fully saturated rings. The minimum absolute atomic E-state index is 0.0519. The van der Waals surface area contributed by atoms with Crippen molar-refractivity contribution in [2.75, 3.05) is 12.8 Å². The number of carbonyl (C=O) groups excluding carboxylic acids is 1. The number of ether oxygens (including phenoxy) is 1. The summed E-state index contributed by atoms with van der Waals surface area (Å²) in [5.74, 6) is -0.530. The van der Waals surface area contributed by atoms with Crippen LogP contribution in [0.3, 0.4) is 0 Å². The molecule has 0 spiro atoms. The van der Waals surface area contributed by atoms with Crippen LogP contribution in [0, 0.1) is 5.82 Å². The molecule has 0 aliphatic rings. The first-order valence-corrected chi connectivity index (χ1v) is 7.80. The number of aliphatic imine (C=N–C) groups is 1. The quantitative estimate of drug-likeness (QED) is 0.499. The predicted octanol–water partition coefficient (Wildman–Crippen LogP) is 3.49. The smallest absolute Gasteiger partial charge is 0.413 e. The number of amides is 1. The molecule has 1 amide bonds. The Labute approximate surface area is 138 Å². The molecule has 1 atom stereocenters. The standard InChI is InChI=1S/C15H21F2N3O2S/c1-15(2,3)22-14(21)20-13(19-4)23-12(17)8-9-7-10(18)5-6-11(9)16/h5-7,12H,8,18H2,1-4H3,(H,19,20,21). The van der Waals surface area contributed by atoms with Gasteiger partial charge in [-0.3, -0.25) is 10.3 Å². The molecule has 0 saturated heterocycles. The molecule has 0 heterocycles. The van der Waals surface area contributed by atoms with Gasteiger partial charge in [-0.05, 0) is 44.5 Å². The van der Waals surface area contributed by atoms with Crippen molar-refractivity contribution in [2.45, 2.75) is 38.3 Å². The number of benzene rings is 1. The van der Waals surface area contributed by atoms with E-state index < -0.39 is 23.0 Å². The maximum absolute atomic E-state index is 14.1. The lowest BCUT2D eigenvalue weighted by Crippen LogP contribution is -2.35. The highest BCUT2D eigenvalue weighted by Gasteiger charge is 2.20. The molecule has 8 heteroatoms. The van der Waals surface area contributed by atoms with Gasteiger partial charge in [0.05, 0.1) is 0 Å². The monoisotopic (exact) mass is 345 g/mol. The van der Waals surface area contributed by atoms with Gasteiger partial charge in [-0.25, -0.2) is 13.6 Å². The molecule has 5 nitrogen and oxygen atoms in total. The molecule has 0 bridgehead atoms. The van der Waals surface area contributed by atoms with Gasteiger partial charge in [-0.2, -0.15) is 0 Å². The second-order valence-electron chi connectivity index (χ2n) is 5.74. The summed E-state index contributed by atoms with van der Waals surface area (Å²) in [4.78, 5) is 15.4. The highest BCUT2D eigenvalue weighted by molar-refractivity contribution is 8.14. The first kappa shape index (κ1) is 19.2. The molecule has 1 unspecified atom stereocenters. The summed E-state index contributed by atoms with van der Waals surface area (Å²) in [5.41, 5.74) is 3.91. The van der Waals surface area contributed by atoms with Gasteiger partial charge in [0.15, 0.2) is 10.7 Å². The normalized spacial score (nSPS) is 13.6. The van der Waals surface area contributed by atoms with Crippen molar-refractivity contribution >= 4 is 28.7 Å². The topological polar surface area (TPSA) is 76.7 Å². The molecule has 128 valence electrons. The third-order valence-electron chi connectivity index (χ3n) is 2.50. The number of rotatable bonds is 3. The van der Waals surface area contributed by atoms with Crippen LogP contribution in [0.1, 0.15) is 26.3 Å². The third-order valence-corrected chi connectivity index (χ3v) is 3.43. The van der Waals surface area contributed by atoms with Crippen LogP contribution in [0.2, 0.25) is 0 Å². The van der Waals surface area contributed by atoms with Gasteiger partial charge in [-0.15, -0.1) is 0 Å². The minimum Gasteiger partial charge on any atom is -0.444 e. The predicted molar refractivity (Wildman–Crippen MR) is 89.7 cm³/mol. The second kappa shape index (κ2) is 8.14. The SMILES string of the molecule is CN=C(NC(=O)OC(C)(C)C)SC(F)Cc1cc(N)ccc1F. The number of halogens is 2. The van der Waals surface area contributed by atoms with E-state index in [0.29, 0.717) is 17.4 Å². The van der Waals surface area contributed by atoms with Crippen molar-refractivity contribution in [2.24, 2.45) is 4.99 Å². The van der Waals surface area contributed by atoms with Crippen LogP contribution in [0.4, 0.5) is 19.3 Å². The average Bonchev–Trinajstić information content (AvgIpc) is 2.40. The highest BCUT2D eigenvalue weighted by Crippen LogP contribution is 2.22. The number of alkyl carbamates (subject to hydrolysis) is 1. The van der Waals surface area contributed by atoms with Crippen molar-refractivity contribution in [1.29, 1.82) is 0 Å². The Morgan fingerprint density at radius 2 is 2.13 bits per heavy atom. The lowest BCUT2D eigenvalue weighted by molar-refractivity contribution is 0.0564. The van der Waals surface area contributed by atoms with E-state index in [2.05, 4.69) is 10.3 Å². The molecule has 0 saturated carbocycles. The third kappa shape index (κ3) is 7.32. The average molecular weight is 345 g/mol. The molecule has 1 rings (SSSR count). The zero-order valence-electron chi connectivity index (χ0n) is 13.5. The number of carbonyl (C=O) groups is 1. The summed E-state index contributed by atoms with van der Waals surface area (Å²) >= 11 is 0.672. The van der Waals surface area contributed by atoms with Crippen LogP contribution in [0.25, 0.3) is 0 Å². The van der Waals surface area contributed by atoms with Gasteiger partial charge < -0.3 is 10.5 Å². The number of hydrogen-bond donors (Lipinski definition) is 2. The van der Waals surface area contributed by atoms with Crippen molar-refractivity contribution in [3.8, 4) is 0 Å². The van der Waals surface area contributed by atoms with Gasteiger partial charge in [0.2, 0.25) is 0 Å². The fourth-order valence-corrected chi connectivity index (χ4v) is 2.37. The van der Waals surface area contributed by atoms with E-state index >= 15 is 0 Å². The van der Waals surface area contributed by atoms with Crippen LogP contribution in [0.15, 0.2) is 23.2 Å². The molecule has 1 aromatic rings. The summed E-state index contributed by atoms with van der Waals surface area (Å²) in [6, 6.07) is 3.98. The fourth-order valence-electron chi connectivity index (χ4n) is 1.62. The molecule has 0 aromatic heterocycles. The lowest BCUT2D eigenvalue weighted by atomic mass is 10.1. The molecule has 1 aromatic carbocycles.